The molecule has 13 heavy (non-hydrogen) atoms. The van der Waals surface area contributed by atoms with Crippen LogP contribution in [0, 0.1) is 0 Å². The van der Waals surface area contributed by atoms with E-state index < -0.39 is 8.40 Å². The molecule has 0 aliphatic rings. The van der Waals surface area contributed by atoms with E-state index in [9.17, 15) is 0 Å². The molecular weight excluding hydrogens is 176 g/mol. The van der Waals surface area contributed by atoms with Gasteiger partial charge >= 0.3 is 0 Å². The maximum absolute atomic E-state index is 3.81. The van der Waals surface area contributed by atoms with Crippen LogP contribution in [0.15, 0.2) is 12.7 Å². The van der Waals surface area contributed by atoms with Gasteiger partial charge in [-0.2, -0.15) is 0 Å². The summed E-state index contributed by atoms with van der Waals surface area (Å²) >= 11 is 0. The van der Waals surface area contributed by atoms with E-state index in [0.29, 0.717) is 12.1 Å². The molecule has 0 bridgehead atoms. The van der Waals surface area contributed by atoms with E-state index in [1.54, 1.807) is 0 Å². The van der Waals surface area contributed by atoms with Gasteiger partial charge in [0.1, 0.15) is 0 Å². The van der Waals surface area contributed by atoms with Gasteiger partial charge < -0.3 is 9.96 Å². The molecule has 0 aromatic heterocycles. The van der Waals surface area contributed by atoms with Gasteiger partial charge in [0.2, 0.25) is 8.40 Å². The highest BCUT2D eigenvalue weighted by atomic mass is 28.3. The predicted octanol–water partition coefficient (Wildman–Crippen LogP) is 2.24. The van der Waals surface area contributed by atoms with Crippen molar-refractivity contribution >= 4 is 8.40 Å². The Bertz CT molecular complexity index is 145. The number of allylic oxidation sites excluding steroid dienone is 1. The summed E-state index contributed by atoms with van der Waals surface area (Å²) in [6.07, 6.45) is 2.01. The van der Waals surface area contributed by atoms with Gasteiger partial charge in [0.05, 0.1) is 0 Å². The average Bonchev–Trinajstić information content (AvgIpc) is 1.81. The summed E-state index contributed by atoms with van der Waals surface area (Å²) in [7, 11) is -1.49. The fraction of sp³-hybridized carbons (Fsp3) is 0.800. The fourth-order valence-electron chi connectivity index (χ4n) is 1.72. The molecule has 0 atom stereocenters. The van der Waals surface area contributed by atoms with Gasteiger partial charge in [-0.15, -0.1) is 6.58 Å². The smallest absolute Gasteiger partial charge is 0.202 e. The lowest BCUT2D eigenvalue weighted by atomic mass is 10.4. The van der Waals surface area contributed by atoms with Crippen LogP contribution in [0.4, 0.5) is 0 Å². The van der Waals surface area contributed by atoms with E-state index in [4.69, 9.17) is 0 Å². The molecule has 0 saturated heterocycles. The molecule has 0 aliphatic carbocycles. The standard InChI is InChI=1S/C10H24N2Si/c1-7-8-13(6,11-9(2)3)12-10(4)5/h7,9-12H,1,8H2,2-6H3. The Hall–Kier alpha value is -0.123. The lowest BCUT2D eigenvalue weighted by Gasteiger charge is -2.32. The normalized spacial score (nSPS) is 12.5. The highest BCUT2D eigenvalue weighted by Gasteiger charge is 2.27. The van der Waals surface area contributed by atoms with Crippen LogP contribution in [0.1, 0.15) is 27.7 Å². The van der Waals surface area contributed by atoms with Gasteiger partial charge in [0.15, 0.2) is 0 Å². The van der Waals surface area contributed by atoms with Crippen molar-refractivity contribution in [1.29, 1.82) is 0 Å². The number of hydrogen-bond acceptors (Lipinski definition) is 2. The second-order valence-corrected chi connectivity index (χ2v) is 8.07. The third-order valence-corrected chi connectivity index (χ3v) is 5.30. The summed E-state index contributed by atoms with van der Waals surface area (Å²) in [5.74, 6) is 0. The first-order valence-electron chi connectivity index (χ1n) is 5.06. The summed E-state index contributed by atoms with van der Waals surface area (Å²) in [5, 5.41) is 0. The molecule has 0 heterocycles. The van der Waals surface area contributed by atoms with Crippen molar-refractivity contribution in [2.24, 2.45) is 0 Å². The second kappa shape index (κ2) is 5.57. The van der Waals surface area contributed by atoms with E-state index in [-0.39, 0.29) is 0 Å². The monoisotopic (exact) mass is 200 g/mol. The third-order valence-electron chi connectivity index (χ3n) is 1.77. The predicted molar refractivity (Wildman–Crippen MR) is 63.2 cm³/mol. The van der Waals surface area contributed by atoms with Gasteiger partial charge in [-0.05, 0) is 24.7 Å². The van der Waals surface area contributed by atoms with Crippen LogP contribution >= 0.6 is 0 Å². The SMILES string of the molecule is C=CC[Si](C)(NC(C)C)NC(C)C. The Morgan fingerprint density at radius 1 is 1.15 bits per heavy atom. The van der Waals surface area contributed by atoms with Gasteiger partial charge in [-0.1, -0.05) is 33.8 Å². The molecular formula is C10H24N2Si. The van der Waals surface area contributed by atoms with E-state index in [2.05, 4.69) is 50.8 Å². The Labute approximate surface area is 84.0 Å². The first-order valence-corrected chi connectivity index (χ1v) is 7.76. The Morgan fingerprint density at radius 3 is 1.77 bits per heavy atom. The second-order valence-electron chi connectivity index (χ2n) is 4.42. The maximum Gasteiger partial charge on any atom is 0.202 e. The molecule has 0 aromatic rings. The molecule has 0 fully saturated rings. The van der Waals surface area contributed by atoms with Crippen molar-refractivity contribution < 1.29 is 0 Å². The van der Waals surface area contributed by atoms with Crippen LogP contribution < -0.4 is 9.96 Å². The fourth-order valence-corrected chi connectivity index (χ4v) is 5.17. The van der Waals surface area contributed by atoms with Crippen LogP contribution in [0.2, 0.25) is 12.6 Å². The molecule has 0 aliphatic heterocycles. The molecule has 0 amide bonds. The maximum atomic E-state index is 3.81. The van der Waals surface area contributed by atoms with Crippen LogP contribution in [-0.2, 0) is 0 Å². The Morgan fingerprint density at radius 2 is 1.54 bits per heavy atom. The Kier molecular flexibility index (Phi) is 5.52. The zero-order valence-electron chi connectivity index (χ0n) is 9.65. The van der Waals surface area contributed by atoms with E-state index in [1.165, 1.54) is 0 Å². The summed E-state index contributed by atoms with van der Waals surface area (Å²) in [6, 6.07) is 2.16. The highest BCUT2D eigenvalue weighted by Crippen LogP contribution is 2.05. The first-order chi connectivity index (χ1) is 5.89. The average molecular weight is 200 g/mol. The minimum atomic E-state index is -1.49. The zero-order chi connectivity index (χ0) is 10.5. The van der Waals surface area contributed by atoms with Crippen LogP contribution in [0.25, 0.3) is 0 Å². The van der Waals surface area contributed by atoms with Crippen molar-refractivity contribution in [2.75, 3.05) is 0 Å². The molecule has 0 rings (SSSR count). The Balaban J connectivity index is 4.23. The lowest BCUT2D eigenvalue weighted by Crippen LogP contribution is -2.63. The first kappa shape index (κ1) is 12.9. The molecule has 2 N–H and O–H groups in total. The van der Waals surface area contributed by atoms with E-state index in [1.807, 2.05) is 6.08 Å². The molecule has 0 unspecified atom stereocenters. The zero-order valence-corrected chi connectivity index (χ0v) is 10.6. The van der Waals surface area contributed by atoms with Gasteiger partial charge in [0, 0.05) is 0 Å². The van der Waals surface area contributed by atoms with Crippen molar-refractivity contribution in [3.05, 3.63) is 12.7 Å². The molecule has 0 radical (unpaired) electrons. The summed E-state index contributed by atoms with van der Waals surface area (Å²) in [5.41, 5.74) is 0. The van der Waals surface area contributed by atoms with Crippen LogP contribution in [0.5, 0.6) is 0 Å². The van der Waals surface area contributed by atoms with Crippen molar-refractivity contribution in [3.8, 4) is 0 Å². The summed E-state index contributed by atoms with van der Waals surface area (Å²) in [4.78, 5) is 7.29. The third kappa shape index (κ3) is 6.02. The number of rotatable bonds is 6. The summed E-state index contributed by atoms with van der Waals surface area (Å²) in [6.45, 7) is 14.9. The highest BCUT2D eigenvalue weighted by molar-refractivity contribution is 6.74. The minimum Gasteiger partial charge on any atom is -0.323 e. The van der Waals surface area contributed by atoms with Crippen LogP contribution in [0.3, 0.4) is 0 Å². The number of hydrogen-bond donors (Lipinski definition) is 2. The largest absolute Gasteiger partial charge is 0.323 e. The van der Waals surface area contributed by atoms with Gasteiger partial charge in [-0.25, -0.2) is 0 Å². The van der Waals surface area contributed by atoms with E-state index in [0.717, 1.165) is 6.04 Å². The van der Waals surface area contributed by atoms with Crippen molar-refractivity contribution in [1.82, 2.24) is 9.96 Å². The van der Waals surface area contributed by atoms with Gasteiger partial charge in [0.25, 0.3) is 0 Å². The lowest BCUT2D eigenvalue weighted by molar-refractivity contribution is 0.661. The summed E-state index contributed by atoms with van der Waals surface area (Å²) < 4.78 is 0. The molecule has 3 heteroatoms. The van der Waals surface area contributed by atoms with E-state index >= 15 is 0 Å². The quantitative estimate of drug-likeness (QED) is 0.507. The number of nitrogens with one attached hydrogen (secondary N) is 2. The molecule has 78 valence electrons. The molecule has 0 spiro atoms. The topological polar surface area (TPSA) is 24.1 Å². The van der Waals surface area contributed by atoms with Gasteiger partial charge in [-0.3, -0.25) is 0 Å². The molecule has 0 aromatic carbocycles. The minimum absolute atomic E-state index is 0.544. The molecule has 2 nitrogen and oxygen atoms in total. The van der Waals surface area contributed by atoms with Crippen LogP contribution in [-0.4, -0.2) is 20.5 Å². The molecule has 0 saturated carbocycles. The van der Waals surface area contributed by atoms with Crippen molar-refractivity contribution in [3.63, 3.8) is 0 Å². The van der Waals surface area contributed by atoms with Crippen molar-refractivity contribution in [2.45, 2.75) is 52.4 Å².